The average molecular weight is 158 g/mol. The molecule has 1 fully saturated rings. The fraction of sp³-hybridized carbons (Fsp3) is 0.857. The maximum atomic E-state index is 10.7. The first-order valence-electron chi connectivity index (χ1n) is 3.79. The molecule has 0 aromatic heterocycles. The van der Waals surface area contributed by atoms with Gasteiger partial charge in [0.25, 0.3) is 0 Å². The molecule has 4 heteroatoms. The number of nitrogens with one attached hydrogen (secondary N) is 1. The van der Waals surface area contributed by atoms with Crippen molar-refractivity contribution < 1.29 is 9.90 Å². The van der Waals surface area contributed by atoms with Gasteiger partial charge in [-0.2, -0.15) is 0 Å². The number of hydrogen-bond acceptors (Lipinski definition) is 3. The highest BCUT2D eigenvalue weighted by Gasteiger charge is 2.31. The molecule has 1 heterocycles. The zero-order valence-corrected chi connectivity index (χ0v) is 6.87. The molecule has 0 aromatic carbocycles. The maximum absolute atomic E-state index is 10.7. The third-order valence-electron chi connectivity index (χ3n) is 2.13. The average Bonchev–Trinajstić information content (AvgIpc) is 1.85. The molecule has 0 saturated carbocycles. The van der Waals surface area contributed by atoms with E-state index in [1.807, 2.05) is 18.9 Å². The predicted molar refractivity (Wildman–Crippen MR) is 41.5 cm³/mol. The largest absolute Gasteiger partial charge is 0.480 e. The Labute approximate surface area is 66.2 Å². The van der Waals surface area contributed by atoms with E-state index in [2.05, 4.69) is 5.32 Å². The number of carboxylic acid groups (broad SMARTS) is 1. The van der Waals surface area contributed by atoms with Crippen LogP contribution in [0.15, 0.2) is 0 Å². The Morgan fingerprint density at radius 1 is 1.73 bits per heavy atom. The van der Waals surface area contributed by atoms with E-state index in [1.54, 1.807) is 0 Å². The first-order valence-corrected chi connectivity index (χ1v) is 3.79. The van der Waals surface area contributed by atoms with Gasteiger partial charge in [-0.3, -0.25) is 9.69 Å². The van der Waals surface area contributed by atoms with Crippen molar-refractivity contribution >= 4 is 5.97 Å². The van der Waals surface area contributed by atoms with E-state index >= 15 is 0 Å². The standard InChI is InChI=1S/C7H14N2O2/c1-5-6(7(10)11)9(2)4-3-8-5/h5-6,8H,3-4H2,1-2H3,(H,10,11). The molecule has 0 amide bonds. The minimum absolute atomic E-state index is 0.0475. The molecule has 2 unspecified atom stereocenters. The lowest BCUT2D eigenvalue weighted by Gasteiger charge is -2.35. The Kier molecular flexibility index (Phi) is 2.46. The summed E-state index contributed by atoms with van der Waals surface area (Å²) in [7, 11) is 1.84. The van der Waals surface area contributed by atoms with Crippen molar-refractivity contribution in [1.29, 1.82) is 0 Å². The zero-order chi connectivity index (χ0) is 8.43. The lowest BCUT2D eigenvalue weighted by atomic mass is 10.1. The van der Waals surface area contributed by atoms with Crippen LogP contribution in [0, 0.1) is 0 Å². The summed E-state index contributed by atoms with van der Waals surface area (Å²) in [6, 6.07) is -0.324. The Morgan fingerprint density at radius 2 is 2.36 bits per heavy atom. The van der Waals surface area contributed by atoms with Crippen LogP contribution in [0.4, 0.5) is 0 Å². The van der Waals surface area contributed by atoms with Crippen molar-refractivity contribution in [2.75, 3.05) is 20.1 Å². The minimum atomic E-state index is -0.743. The molecule has 1 aliphatic rings. The first kappa shape index (κ1) is 8.49. The molecule has 0 bridgehead atoms. The summed E-state index contributed by atoms with van der Waals surface area (Å²) in [4.78, 5) is 12.6. The van der Waals surface area contributed by atoms with Crippen molar-refractivity contribution in [1.82, 2.24) is 10.2 Å². The van der Waals surface area contributed by atoms with Crippen molar-refractivity contribution in [2.24, 2.45) is 0 Å². The first-order chi connectivity index (χ1) is 5.13. The summed E-state index contributed by atoms with van der Waals surface area (Å²) in [5.41, 5.74) is 0. The van der Waals surface area contributed by atoms with E-state index in [1.165, 1.54) is 0 Å². The maximum Gasteiger partial charge on any atom is 0.322 e. The summed E-state index contributed by atoms with van der Waals surface area (Å²) >= 11 is 0. The summed E-state index contributed by atoms with van der Waals surface area (Å²) < 4.78 is 0. The van der Waals surface area contributed by atoms with Crippen LogP contribution in [0.25, 0.3) is 0 Å². The predicted octanol–water partition coefficient (Wildman–Crippen LogP) is -0.637. The quantitative estimate of drug-likeness (QED) is 0.533. The highest BCUT2D eigenvalue weighted by molar-refractivity contribution is 5.74. The van der Waals surface area contributed by atoms with E-state index in [4.69, 9.17) is 5.11 Å². The Balaban J connectivity index is 2.62. The van der Waals surface area contributed by atoms with Gasteiger partial charge in [-0.1, -0.05) is 0 Å². The van der Waals surface area contributed by atoms with Crippen LogP contribution in [0.5, 0.6) is 0 Å². The van der Waals surface area contributed by atoms with E-state index in [0.29, 0.717) is 0 Å². The number of nitrogens with zero attached hydrogens (tertiary/aromatic N) is 1. The molecular formula is C7H14N2O2. The second kappa shape index (κ2) is 3.19. The Bertz CT molecular complexity index is 151. The molecule has 0 aliphatic carbocycles. The smallest absolute Gasteiger partial charge is 0.322 e. The molecule has 64 valence electrons. The van der Waals surface area contributed by atoms with Crippen LogP contribution in [0.3, 0.4) is 0 Å². The number of rotatable bonds is 1. The fourth-order valence-corrected chi connectivity index (χ4v) is 1.50. The van der Waals surface area contributed by atoms with Crippen LogP contribution >= 0.6 is 0 Å². The second-order valence-electron chi connectivity index (χ2n) is 3.01. The third-order valence-corrected chi connectivity index (χ3v) is 2.13. The molecule has 4 nitrogen and oxygen atoms in total. The molecule has 0 spiro atoms. The highest BCUT2D eigenvalue weighted by Crippen LogP contribution is 2.06. The van der Waals surface area contributed by atoms with Gasteiger partial charge < -0.3 is 10.4 Å². The minimum Gasteiger partial charge on any atom is -0.480 e. The summed E-state index contributed by atoms with van der Waals surface area (Å²) in [5, 5.41) is 11.9. The lowest BCUT2D eigenvalue weighted by Crippen LogP contribution is -2.58. The van der Waals surface area contributed by atoms with Gasteiger partial charge in [0.2, 0.25) is 0 Å². The van der Waals surface area contributed by atoms with Gasteiger partial charge in [0.05, 0.1) is 0 Å². The van der Waals surface area contributed by atoms with Gasteiger partial charge >= 0.3 is 5.97 Å². The molecule has 0 aromatic rings. The second-order valence-corrected chi connectivity index (χ2v) is 3.01. The number of carboxylic acids is 1. The van der Waals surface area contributed by atoms with Gasteiger partial charge in [-0.25, -0.2) is 0 Å². The van der Waals surface area contributed by atoms with Crippen molar-refractivity contribution in [3.63, 3.8) is 0 Å². The van der Waals surface area contributed by atoms with E-state index in [0.717, 1.165) is 13.1 Å². The lowest BCUT2D eigenvalue weighted by molar-refractivity contribution is -0.144. The summed E-state index contributed by atoms with van der Waals surface area (Å²) in [6.07, 6.45) is 0. The van der Waals surface area contributed by atoms with Crippen molar-refractivity contribution in [3.8, 4) is 0 Å². The molecule has 1 aliphatic heterocycles. The fourth-order valence-electron chi connectivity index (χ4n) is 1.50. The highest BCUT2D eigenvalue weighted by atomic mass is 16.4. The Hall–Kier alpha value is -0.610. The molecule has 1 saturated heterocycles. The van der Waals surface area contributed by atoms with Crippen molar-refractivity contribution in [2.45, 2.75) is 19.0 Å². The molecule has 0 radical (unpaired) electrons. The zero-order valence-electron chi connectivity index (χ0n) is 6.87. The normalized spacial score (nSPS) is 33.6. The monoisotopic (exact) mass is 158 g/mol. The van der Waals surface area contributed by atoms with Gasteiger partial charge in [0, 0.05) is 19.1 Å². The molecular weight excluding hydrogens is 144 g/mol. The molecule has 2 atom stereocenters. The van der Waals surface area contributed by atoms with Gasteiger partial charge in [-0.15, -0.1) is 0 Å². The van der Waals surface area contributed by atoms with Crippen LogP contribution in [0.2, 0.25) is 0 Å². The van der Waals surface area contributed by atoms with Gasteiger partial charge in [-0.05, 0) is 14.0 Å². The van der Waals surface area contributed by atoms with Crippen LogP contribution < -0.4 is 5.32 Å². The van der Waals surface area contributed by atoms with Crippen LogP contribution in [0.1, 0.15) is 6.92 Å². The van der Waals surface area contributed by atoms with Gasteiger partial charge in [0.1, 0.15) is 6.04 Å². The van der Waals surface area contributed by atoms with Crippen LogP contribution in [-0.2, 0) is 4.79 Å². The number of piperazine rings is 1. The topological polar surface area (TPSA) is 52.6 Å². The van der Waals surface area contributed by atoms with Crippen molar-refractivity contribution in [3.05, 3.63) is 0 Å². The molecule has 1 rings (SSSR count). The summed E-state index contributed by atoms with van der Waals surface area (Å²) in [5.74, 6) is -0.743. The van der Waals surface area contributed by atoms with E-state index in [9.17, 15) is 4.79 Å². The number of likely N-dealkylation sites (N-methyl/N-ethyl adjacent to an activating group) is 1. The van der Waals surface area contributed by atoms with E-state index in [-0.39, 0.29) is 12.1 Å². The Morgan fingerprint density at radius 3 is 2.73 bits per heavy atom. The van der Waals surface area contributed by atoms with Crippen LogP contribution in [-0.4, -0.2) is 48.2 Å². The van der Waals surface area contributed by atoms with Gasteiger partial charge in [0.15, 0.2) is 0 Å². The molecule has 11 heavy (non-hydrogen) atoms. The number of carbonyl (C=O) groups is 1. The SMILES string of the molecule is CC1NCCN(C)C1C(=O)O. The van der Waals surface area contributed by atoms with E-state index < -0.39 is 5.97 Å². The molecule has 2 N–H and O–H groups in total. The third kappa shape index (κ3) is 1.70. The number of aliphatic carboxylic acids is 1. The number of hydrogen-bond donors (Lipinski definition) is 2. The summed E-state index contributed by atoms with van der Waals surface area (Å²) in [6.45, 7) is 3.58.